The van der Waals surface area contributed by atoms with Crippen molar-refractivity contribution in [3.63, 3.8) is 0 Å². The highest BCUT2D eigenvalue weighted by Crippen LogP contribution is 2.26. The Kier molecular flexibility index (Phi) is 4.01. The average Bonchev–Trinajstić information content (AvgIpc) is 2.72. The Morgan fingerprint density at radius 1 is 1.47 bits per heavy atom. The fraction of sp³-hybridized carbons (Fsp3) is 0.538. The summed E-state index contributed by atoms with van der Waals surface area (Å²) in [5.41, 5.74) is 0.742. The van der Waals surface area contributed by atoms with Gasteiger partial charge in [0.15, 0.2) is 9.84 Å². The minimum Gasteiger partial charge on any atom is -0.508 e. The summed E-state index contributed by atoms with van der Waals surface area (Å²) in [5.74, 6) is 1.34. The standard InChI is InChI=1S/C13H19NO4S/c1-14(11-5-6-19(16,17)9-11)8-10-7-12(18-2)3-4-13(10)15/h3-4,7,11,15H,5-6,8-9H2,1-2H3. The number of methoxy groups -OCH3 is 1. The largest absolute Gasteiger partial charge is 0.508 e. The fourth-order valence-corrected chi connectivity index (χ4v) is 4.14. The third-order valence-corrected chi connectivity index (χ3v) is 5.29. The molecular weight excluding hydrogens is 266 g/mol. The van der Waals surface area contributed by atoms with Crippen molar-refractivity contribution in [1.29, 1.82) is 0 Å². The van der Waals surface area contributed by atoms with Gasteiger partial charge in [-0.15, -0.1) is 0 Å². The number of hydrogen-bond donors (Lipinski definition) is 1. The Morgan fingerprint density at radius 2 is 2.21 bits per heavy atom. The quantitative estimate of drug-likeness (QED) is 0.894. The van der Waals surface area contributed by atoms with E-state index >= 15 is 0 Å². The van der Waals surface area contributed by atoms with E-state index in [1.165, 1.54) is 0 Å². The van der Waals surface area contributed by atoms with Crippen LogP contribution in [-0.4, -0.2) is 50.1 Å². The van der Waals surface area contributed by atoms with Gasteiger partial charge in [-0.2, -0.15) is 0 Å². The number of nitrogens with zero attached hydrogens (tertiary/aromatic N) is 1. The number of phenolic OH excluding ortho intramolecular Hbond substituents is 1. The van der Waals surface area contributed by atoms with Gasteiger partial charge >= 0.3 is 0 Å². The van der Waals surface area contributed by atoms with Crippen LogP contribution in [0.4, 0.5) is 0 Å². The molecule has 1 N–H and O–H groups in total. The van der Waals surface area contributed by atoms with Gasteiger partial charge in [0.25, 0.3) is 0 Å². The van der Waals surface area contributed by atoms with Gasteiger partial charge in [-0.05, 0) is 31.7 Å². The van der Waals surface area contributed by atoms with Gasteiger partial charge in [0.05, 0.1) is 18.6 Å². The monoisotopic (exact) mass is 285 g/mol. The molecule has 0 aromatic heterocycles. The number of ether oxygens (including phenoxy) is 1. The van der Waals surface area contributed by atoms with E-state index in [1.54, 1.807) is 25.3 Å². The molecule has 2 rings (SSSR count). The number of hydrogen-bond acceptors (Lipinski definition) is 5. The smallest absolute Gasteiger partial charge is 0.151 e. The minimum absolute atomic E-state index is 0.0237. The highest BCUT2D eigenvalue weighted by molar-refractivity contribution is 7.91. The van der Waals surface area contributed by atoms with Crippen LogP contribution in [0.15, 0.2) is 18.2 Å². The first kappa shape index (κ1) is 14.1. The molecule has 1 aliphatic rings. The van der Waals surface area contributed by atoms with Crippen LogP contribution in [0, 0.1) is 0 Å². The summed E-state index contributed by atoms with van der Waals surface area (Å²) >= 11 is 0. The Bertz CT molecular complexity index is 556. The van der Waals surface area contributed by atoms with E-state index in [9.17, 15) is 13.5 Å². The zero-order valence-electron chi connectivity index (χ0n) is 11.2. The van der Waals surface area contributed by atoms with Crippen LogP contribution in [0.1, 0.15) is 12.0 Å². The second-order valence-corrected chi connectivity index (χ2v) is 7.20. The Labute approximate surface area is 113 Å². The first-order chi connectivity index (χ1) is 8.91. The molecule has 1 aromatic carbocycles. The van der Waals surface area contributed by atoms with Gasteiger partial charge in [0.2, 0.25) is 0 Å². The molecule has 106 valence electrons. The van der Waals surface area contributed by atoms with Crippen molar-refractivity contribution in [2.75, 3.05) is 25.7 Å². The second-order valence-electron chi connectivity index (χ2n) is 4.97. The lowest BCUT2D eigenvalue weighted by molar-refractivity contribution is 0.250. The molecule has 1 saturated heterocycles. The molecule has 0 saturated carbocycles. The summed E-state index contributed by atoms with van der Waals surface area (Å²) in [5, 5.41) is 9.82. The third-order valence-electron chi connectivity index (χ3n) is 3.54. The summed E-state index contributed by atoms with van der Waals surface area (Å²) in [7, 11) is 0.568. The molecule has 0 bridgehead atoms. The number of aromatic hydroxyl groups is 1. The highest BCUT2D eigenvalue weighted by atomic mass is 32.2. The van der Waals surface area contributed by atoms with Crippen LogP contribution in [0.25, 0.3) is 0 Å². The van der Waals surface area contributed by atoms with Crippen LogP contribution in [0.2, 0.25) is 0 Å². The maximum Gasteiger partial charge on any atom is 0.151 e. The average molecular weight is 285 g/mol. The van der Waals surface area contributed by atoms with Crippen molar-refractivity contribution in [3.05, 3.63) is 23.8 Å². The SMILES string of the molecule is COc1ccc(O)c(CN(C)C2CCS(=O)(=O)C2)c1. The summed E-state index contributed by atoms with van der Waals surface area (Å²) in [6, 6.07) is 5.08. The summed E-state index contributed by atoms with van der Waals surface area (Å²) in [6.07, 6.45) is 0.656. The van der Waals surface area contributed by atoms with Crippen molar-refractivity contribution < 1.29 is 18.3 Å². The molecule has 5 nitrogen and oxygen atoms in total. The topological polar surface area (TPSA) is 66.8 Å². The number of phenols is 1. The Morgan fingerprint density at radius 3 is 2.79 bits per heavy atom. The lowest BCUT2D eigenvalue weighted by Crippen LogP contribution is -2.32. The lowest BCUT2D eigenvalue weighted by Gasteiger charge is -2.23. The number of sulfone groups is 1. The van der Waals surface area contributed by atoms with Gasteiger partial charge in [0, 0.05) is 18.2 Å². The van der Waals surface area contributed by atoms with Crippen LogP contribution in [0.5, 0.6) is 11.5 Å². The van der Waals surface area contributed by atoms with Crippen LogP contribution >= 0.6 is 0 Å². The fourth-order valence-electron chi connectivity index (χ4n) is 2.34. The molecule has 0 aliphatic carbocycles. The van der Waals surface area contributed by atoms with E-state index in [2.05, 4.69) is 0 Å². The lowest BCUT2D eigenvalue weighted by atomic mass is 10.1. The first-order valence-corrected chi connectivity index (χ1v) is 8.00. The third kappa shape index (κ3) is 3.39. The van der Waals surface area contributed by atoms with Crippen LogP contribution < -0.4 is 4.74 Å². The molecule has 0 radical (unpaired) electrons. The second kappa shape index (κ2) is 5.38. The molecule has 1 fully saturated rings. The van der Waals surface area contributed by atoms with Crippen molar-refractivity contribution in [1.82, 2.24) is 4.90 Å². The first-order valence-electron chi connectivity index (χ1n) is 6.18. The van der Waals surface area contributed by atoms with Gasteiger partial charge < -0.3 is 9.84 Å². The van der Waals surface area contributed by atoms with E-state index in [-0.39, 0.29) is 23.3 Å². The van der Waals surface area contributed by atoms with Gasteiger partial charge in [-0.1, -0.05) is 0 Å². The predicted octanol–water partition coefficient (Wildman–Crippen LogP) is 1.02. The number of rotatable bonds is 4. The molecule has 0 spiro atoms. The Balaban J connectivity index is 2.09. The molecule has 1 atom stereocenters. The summed E-state index contributed by atoms with van der Waals surface area (Å²) in [4.78, 5) is 1.97. The summed E-state index contributed by atoms with van der Waals surface area (Å²) < 4.78 is 28.1. The van der Waals surface area contributed by atoms with E-state index in [4.69, 9.17) is 4.74 Å². The van der Waals surface area contributed by atoms with Crippen LogP contribution in [-0.2, 0) is 16.4 Å². The van der Waals surface area contributed by atoms with Crippen molar-refractivity contribution in [2.24, 2.45) is 0 Å². The van der Waals surface area contributed by atoms with Gasteiger partial charge in [-0.3, -0.25) is 4.90 Å². The van der Waals surface area contributed by atoms with E-state index in [1.807, 2.05) is 11.9 Å². The molecule has 6 heteroatoms. The van der Waals surface area contributed by atoms with E-state index in [0.29, 0.717) is 18.7 Å². The number of benzene rings is 1. The Hall–Kier alpha value is -1.27. The molecular formula is C13H19NO4S. The van der Waals surface area contributed by atoms with E-state index in [0.717, 1.165) is 5.56 Å². The molecule has 0 amide bonds. The summed E-state index contributed by atoms with van der Waals surface area (Å²) in [6.45, 7) is 0.503. The van der Waals surface area contributed by atoms with Gasteiger partial charge in [0.1, 0.15) is 11.5 Å². The minimum atomic E-state index is -2.88. The van der Waals surface area contributed by atoms with E-state index < -0.39 is 9.84 Å². The molecule has 1 aliphatic heterocycles. The maximum absolute atomic E-state index is 11.5. The maximum atomic E-state index is 11.5. The van der Waals surface area contributed by atoms with Crippen LogP contribution in [0.3, 0.4) is 0 Å². The highest BCUT2D eigenvalue weighted by Gasteiger charge is 2.30. The van der Waals surface area contributed by atoms with Gasteiger partial charge in [-0.25, -0.2) is 8.42 Å². The van der Waals surface area contributed by atoms with Crippen molar-refractivity contribution in [3.8, 4) is 11.5 Å². The zero-order chi connectivity index (χ0) is 14.0. The predicted molar refractivity (Wildman–Crippen MR) is 73.2 cm³/mol. The molecule has 1 aromatic rings. The normalized spacial score (nSPS) is 21.7. The molecule has 1 unspecified atom stereocenters. The van der Waals surface area contributed by atoms with Crippen molar-refractivity contribution >= 4 is 9.84 Å². The zero-order valence-corrected chi connectivity index (χ0v) is 12.0. The van der Waals surface area contributed by atoms with Crippen molar-refractivity contribution in [2.45, 2.75) is 19.0 Å². The molecule has 1 heterocycles. The molecule has 19 heavy (non-hydrogen) atoms.